The van der Waals surface area contributed by atoms with Gasteiger partial charge in [0, 0.05) is 11.4 Å². The van der Waals surface area contributed by atoms with Crippen LogP contribution in [0.5, 0.6) is 5.75 Å². The van der Waals surface area contributed by atoms with Crippen LogP contribution in [0.25, 0.3) is 11.5 Å². The maximum Gasteiger partial charge on any atom is 0.261 e. The van der Waals surface area contributed by atoms with Crippen molar-refractivity contribution in [2.24, 2.45) is 0 Å². The highest BCUT2D eigenvalue weighted by Gasteiger charge is 2.14. The topological polar surface area (TPSA) is 59.2 Å². The number of rotatable bonds is 3. The van der Waals surface area contributed by atoms with Crippen molar-refractivity contribution in [3.05, 3.63) is 64.4 Å². The average molecular weight is 301 g/mol. The highest BCUT2D eigenvalue weighted by Crippen LogP contribution is 2.29. The number of phenols is 1. The second-order valence-corrected chi connectivity index (χ2v) is 5.21. The molecule has 0 unspecified atom stereocenters. The Morgan fingerprint density at radius 2 is 2.00 bits per heavy atom. The summed E-state index contributed by atoms with van der Waals surface area (Å²) in [5.74, 6) is 0.950. The lowest BCUT2D eigenvalue weighted by molar-refractivity contribution is 0.418. The molecule has 5 heteroatoms. The SMILES string of the molecule is Cc1ccc(O)c(-c2nc(Cc3ccccc3Cl)no2)c1. The van der Waals surface area contributed by atoms with Gasteiger partial charge in [-0.25, -0.2) is 0 Å². The van der Waals surface area contributed by atoms with Crippen molar-refractivity contribution in [3.8, 4) is 17.2 Å². The van der Waals surface area contributed by atoms with Crippen molar-refractivity contribution in [2.75, 3.05) is 0 Å². The first-order chi connectivity index (χ1) is 10.1. The van der Waals surface area contributed by atoms with Crippen molar-refractivity contribution >= 4 is 11.6 Å². The molecule has 1 heterocycles. The van der Waals surface area contributed by atoms with Gasteiger partial charge < -0.3 is 9.63 Å². The van der Waals surface area contributed by atoms with E-state index in [1.54, 1.807) is 6.07 Å². The first-order valence-electron chi connectivity index (χ1n) is 6.49. The molecule has 3 rings (SSSR count). The van der Waals surface area contributed by atoms with Crippen LogP contribution in [0, 0.1) is 6.92 Å². The van der Waals surface area contributed by atoms with Crippen molar-refractivity contribution in [1.82, 2.24) is 10.1 Å². The summed E-state index contributed by atoms with van der Waals surface area (Å²) < 4.78 is 5.23. The molecule has 1 aromatic heterocycles. The van der Waals surface area contributed by atoms with Gasteiger partial charge >= 0.3 is 0 Å². The molecule has 0 atom stereocenters. The molecular weight excluding hydrogens is 288 g/mol. The maximum absolute atomic E-state index is 9.88. The van der Waals surface area contributed by atoms with Crippen LogP contribution in [-0.2, 0) is 6.42 Å². The number of aromatic nitrogens is 2. The molecule has 1 N–H and O–H groups in total. The zero-order valence-electron chi connectivity index (χ0n) is 11.4. The molecule has 0 saturated carbocycles. The van der Waals surface area contributed by atoms with E-state index in [1.807, 2.05) is 43.3 Å². The fraction of sp³-hybridized carbons (Fsp3) is 0.125. The van der Waals surface area contributed by atoms with E-state index in [9.17, 15) is 5.11 Å². The minimum Gasteiger partial charge on any atom is -0.507 e. The summed E-state index contributed by atoms with van der Waals surface area (Å²) in [6.07, 6.45) is 0.482. The van der Waals surface area contributed by atoms with E-state index in [1.165, 1.54) is 0 Å². The Balaban J connectivity index is 1.90. The summed E-state index contributed by atoms with van der Waals surface area (Å²) in [6, 6.07) is 12.8. The number of phenolic OH excluding ortho intramolecular Hbond substituents is 1. The van der Waals surface area contributed by atoms with Gasteiger partial charge in [0.15, 0.2) is 5.82 Å². The minimum absolute atomic E-state index is 0.119. The Kier molecular flexibility index (Phi) is 3.62. The van der Waals surface area contributed by atoms with Crippen LogP contribution in [0.2, 0.25) is 5.02 Å². The lowest BCUT2D eigenvalue weighted by Crippen LogP contribution is -1.91. The van der Waals surface area contributed by atoms with E-state index in [0.29, 0.717) is 28.7 Å². The van der Waals surface area contributed by atoms with Gasteiger partial charge in [0.05, 0.1) is 5.56 Å². The monoisotopic (exact) mass is 300 g/mol. The molecule has 0 saturated heterocycles. The molecule has 0 fully saturated rings. The largest absolute Gasteiger partial charge is 0.507 e. The van der Waals surface area contributed by atoms with E-state index in [2.05, 4.69) is 10.1 Å². The van der Waals surface area contributed by atoms with Crippen molar-refractivity contribution < 1.29 is 9.63 Å². The van der Waals surface area contributed by atoms with Gasteiger partial charge in [-0.1, -0.05) is 46.6 Å². The number of aromatic hydroxyl groups is 1. The van der Waals surface area contributed by atoms with Crippen LogP contribution < -0.4 is 0 Å². The first kappa shape index (κ1) is 13.6. The summed E-state index contributed by atoms with van der Waals surface area (Å²) in [4.78, 5) is 4.32. The maximum atomic E-state index is 9.88. The zero-order chi connectivity index (χ0) is 14.8. The minimum atomic E-state index is 0.119. The predicted octanol–water partition coefficient (Wildman–Crippen LogP) is 3.99. The average Bonchev–Trinajstić information content (AvgIpc) is 2.92. The highest BCUT2D eigenvalue weighted by molar-refractivity contribution is 6.31. The Morgan fingerprint density at radius 3 is 2.81 bits per heavy atom. The quantitative estimate of drug-likeness (QED) is 0.794. The Hall–Kier alpha value is -2.33. The Bertz CT molecular complexity index is 783. The van der Waals surface area contributed by atoms with E-state index < -0.39 is 0 Å². The predicted molar refractivity (Wildman–Crippen MR) is 80.4 cm³/mol. The smallest absolute Gasteiger partial charge is 0.261 e. The van der Waals surface area contributed by atoms with E-state index >= 15 is 0 Å². The summed E-state index contributed by atoms with van der Waals surface area (Å²) in [5, 5.41) is 14.5. The molecule has 0 radical (unpaired) electrons. The molecule has 0 amide bonds. The normalized spacial score (nSPS) is 10.8. The first-order valence-corrected chi connectivity index (χ1v) is 6.87. The number of benzene rings is 2. The van der Waals surface area contributed by atoms with Crippen molar-refractivity contribution in [1.29, 1.82) is 0 Å². The lowest BCUT2D eigenvalue weighted by atomic mass is 10.1. The van der Waals surface area contributed by atoms with Crippen LogP contribution in [0.3, 0.4) is 0 Å². The van der Waals surface area contributed by atoms with Crippen molar-refractivity contribution in [3.63, 3.8) is 0 Å². The third-order valence-corrected chi connectivity index (χ3v) is 3.53. The molecule has 21 heavy (non-hydrogen) atoms. The van der Waals surface area contributed by atoms with Gasteiger partial charge in [0.2, 0.25) is 0 Å². The summed E-state index contributed by atoms with van der Waals surface area (Å²) in [7, 11) is 0. The van der Waals surface area contributed by atoms with Crippen LogP contribution in [0.1, 0.15) is 17.0 Å². The van der Waals surface area contributed by atoms with Gasteiger partial charge in [-0.05, 0) is 30.7 Å². The fourth-order valence-electron chi connectivity index (χ4n) is 2.07. The van der Waals surface area contributed by atoms with Crippen molar-refractivity contribution in [2.45, 2.75) is 13.3 Å². The Labute approximate surface area is 127 Å². The number of aryl methyl sites for hydroxylation is 1. The molecule has 0 spiro atoms. The third kappa shape index (κ3) is 2.90. The van der Waals surface area contributed by atoms with E-state index in [-0.39, 0.29) is 5.75 Å². The highest BCUT2D eigenvalue weighted by atomic mass is 35.5. The number of halogens is 1. The van der Waals surface area contributed by atoms with Gasteiger partial charge in [0.1, 0.15) is 5.75 Å². The third-order valence-electron chi connectivity index (χ3n) is 3.16. The molecule has 2 aromatic carbocycles. The van der Waals surface area contributed by atoms with Gasteiger partial charge in [0.25, 0.3) is 5.89 Å². The van der Waals surface area contributed by atoms with Crippen LogP contribution in [0.4, 0.5) is 0 Å². The number of hydrogen-bond donors (Lipinski definition) is 1. The molecule has 4 nitrogen and oxygen atoms in total. The van der Waals surface area contributed by atoms with E-state index in [4.69, 9.17) is 16.1 Å². The van der Waals surface area contributed by atoms with Crippen LogP contribution in [-0.4, -0.2) is 15.2 Å². The molecule has 0 bridgehead atoms. The zero-order valence-corrected chi connectivity index (χ0v) is 12.1. The molecule has 0 aliphatic rings. The second kappa shape index (κ2) is 5.58. The van der Waals surface area contributed by atoms with Gasteiger partial charge in [-0.2, -0.15) is 4.98 Å². The summed E-state index contributed by atoms with van der Waals surface area (Å²) in [6.45, 7) is 1.93. The molecule has 0 aliphatic carbocycles. The van der Waals surface area contributed by atoms with Crippen LogP contribution in [0.15, 0.2) is 47.0 Å². The van der Waals surface area contributed by atoms with Gasteiger partial charge in [-0.15, -0.1) is 0 Å². The summed E-state index contributed by atoms with van der Waals surface area (Å²) in [5.41, 5.74) is 2.47. The second-order valence-electron chi connectivity index (χ2n) is 4.80. The Morgan fingerprint density at radius 1 is 1.19 bits per heavy atom. The molecular formula is C16H13ClN2O2. The number of hydrogen-bond acceptors (Lipinski definition) is 4. The van der Waals surface area contributed by atoms with E-state index in [0.717, 1.165) is 11.1 Å². The van der Waals surface area contributed by atoms with Crippen LogP contribution >= 0.6 is 11.6 Å². The summed E-state index contributed by atoms with van der Waals surface area (Å²) >= 11 is 6.12. The van der Waals surface area contributed by atoms with Gasteiger partial charge in [-0.3, -0.25) is 0 Å². The standard InChI is InChI=1S/C16H13ClN2O2/c1-10-6-7-14(20)12(8-10)16-18-15(19-21-16)9-11-4-2-3-5-13(11)17/h2-8,20H,9H2,1H3. The molecule has 3 aromatic rings. The molecule has 0 aliphatic heterocycles. The lowest BCUT2D eigenvalue weighted by Gasteiger charge is -2.00. The fourth-order valence-corrected chi connectivity index (χ4v) is 2.27. The molecule has 106 valence electrons. The number of nitrogens with zero attached hydrogens (tertiary/aromatic N) is 2.